The number of pyridine rings is 1. The van der Waals surface area contributed by atoms with Gasteiger partial charge in [-0.3, -0.25) is 9.19 Å². The van der Waals surface area contributed by atoms with Gasteiger partial charge in [0.25, 0.3) is 0 Å². The predicted molar refractivity (Wildman–Crippen MR) is 72.8 cm³/mol. The molecule has 1 aromatic carbocycles. The summed E-state index contributed by atoms with van der Waals surface area (Å²) in [5.74, 6) is -0.848. The maximum atomic E-state index is 12.1. The van der Waals surface area contributed by atoms with Crippen molar-refractivity contribution in [2.45, 2.75) is 10.6 Å². The maximum absolute atomic E-state index is 12.1. The van der Waals surface area contributed by atoms with E-state index in [2.05, 4.69) is 4.98 Å². The Balaban J connectivity index is 2.25. The Morgan fingerprint density at radius 1 is 1.37 bits per heavy atom. The van der Waals surface area contributed by atoms with Gasteiger partial charge < -0.3 is 5.11 Å². The molecule has 0 saturated heterocycles. The highest BCUT2D eigenvalue weighted by Crippen LogP contribution is 2.21. The Morgan fingerprint density at radius 2 is 2.16 bits per heavy atom. The number of rotatable bonds is 4. The molecule has 2 aromatic rings. The second-order valence-corrected chi connectivity index (χ2v) is 5.66. The van der Waals surface area contributed by atoms with Crippen LogP contribution in [0.3, 0.4) is 0 Å². The molecule has 1 heterocycles. The van der Waals surface area contributed by atoms with Gasteiger partial charge in [-0.25, -0.2) is 4.79 Å². The van der Waals surface area contributed by atoms with Crippen LogP contribution in [0.1, 0.15) is 15.9 Å². The van der Waals surface area contributed by atoms with E-state index in [1.54, 1.807) is 24.5 Å². The third-order valence-electron chi connectivity index (χ3n) is 2.45. The second kappa shape index (κ2) is 5.95. The minimum Gasteiger partial charge on any atom is -0.478 e. The minimum absolute atomic E-state index is 0.0429. The van der Waals surface area contributed by atoms with Crippen molar-refractivity contribution in [1.82, 2.24) is 4.98 Å². The van der Waals surface area contributed by atoms with E-state index in [9.17, 15) is 9.00 Å². The summed E-state index contributed by atoms with van der Waals surface area (Å²) in [6, 6.07) is 7.94. The fraction of sp³-hybridized carbons (Fsp3) is 0.0769. The van der Waals surface area contributed by atoms with E-state index in [4.69, 9.17) is 16.7 Å². The van der Waals surface area contributed by atoms with Gasteiger partial charge in [0.15, 0.2) is 0 Å². The lowest BCUT2D eigenvalue weighted by molar-refractivity contribution is 0.0697. The normalized spacial score (nSPS) is 12.1. The molecular formula is C13H10ClNO3S. The quantitative estimate of drug-likeness (QED) is 0.942. The predicted octanol–water partition coefficient (Wildman–Crippen LogP) is 2.74. The highest BCUT2D eigenvalue weighted by molar-refractivity contribution is 7.84. The van der Waals surface area contributed by atoms with Crippen molar-refractivity contribution < 1.29 is 14.1 Å². The summed E-state index contributed by atoms with van der Waals surface area (Å²) in [6.45, 7) is 0. The molecule has 0 aliphatic rings. The third-order valence-corrected chi connectivity index (χ3v) is 4.16. The van der Waals surface area contributed by atoms with Gasteiger partial charge in [-0.05, 0) is 29.8 Å². The highest BCUT2D eigenvalue weighted by Gasteiger charge is 2.13. The van der Waals surface area contributed by atoms with E-state index in [1.807, 2.05) is 6.07 Å². The standard InChI is InChI=1S/C13H10ClNO3S/c14-12-4-3-10(6-11(12)13(16)17)19(18)8-9-2-1-5-15-7-9/h1-7H,8H2,(H,16,17). The Morgan fingerprint density at radius 3 is 2.79 bits per heavy atom. The molecule has 0 spiro atoms. The van der Waals surface area contributed by atoms with E-state index in [0.29, 0.717) is 4.90 Å². The molecule has 0 aliphatic carbocycles. The SMILES string of the molecule is O=C(O)c1cc(S(=O)Cc2cccnc2)ccc1Cl. The zero-order valence-corrected chi connectivity index (χ0v) is 11.3. The molecule has 0 fully saturated rings. The first-order chi connectivity index (χ1) is 9.08. The zero-order valence-electron chi connectivity index (χ0n) is 9.75. The van der Waals surface area contributed by atoms with Gasteiger partial charge in [-0.15, -0.1) is 0 Å². The van der Waals surface area contributed by atoms with Crippen LogP contribution in [-0.4, -0.2) is 20.3 Å². The second-order valence-electron chi connectivity index (χ2n) is 3.80. The largest absolute Gasteiger partial charge is 0.478 e. The van der Waals surface area contributed by atoms with Gasteiger partial charge in [0.05, 0.1) is 27.1 Å². The van der Waals surface area contributed by atoms with E-state index in [1.165, 1.54) is 12.1 Å². The number of aromatic carboxylic acids is 1. The smallest absolute Gasteiger partial charge is 0.337 e. The van der Waals surface area contributed by atoms with Gasteiger partial charge >= 0.3 is 5.97 Å². The molecule has 1 atom stereocenters. The van der Waals surface area contributed by atoms with Crippen molar-refractivity contribution in [3.8, 4) is 0 Å². The molecule has 98 valence electrons. The minimum atomic E-state index is -1.33. The first kappa shape index (κ1) is 13.7. The van der Waals surface area contributed by atoms with Gasteiger partial charge in [-0.2, -0.15) is 0 Å². The van der Waals surface area contributed by atoms with E-state index >= 15 is 0 Å². The molecule has 0 saturated carbocycles. The van der Waals surface area contributed by atoms with Crippen molar-refractivity contribution in [2.75, 3.05) is 0 Å². The lowest BCUT2D eigenvalue weighted by atomic mass is 10.2. The number of hydrogen-bond donors (Lipinski definition) is 1. The number of benzene rings is 1. The molecule has 0 aliphatic heterocycles. The van der Waals surface area contributed by atoms with Crippen LogP contribution >= 0.6 is 11.6 Å². The molecule has 4 nitrogen and oxygen atoms in total. The fourth-order valence-electron chi connectivity index (χ4n) is 1.53. The topological polar surface area (TPSA) is 67.3 Å². The molecule has 1 unspecified atom stereocenters. The van der Waals surface area contributed by atoms with Gasteiger partial charge in [0.1, 0.15) is 0 Å². The van der Waals surface area contributed by atoms with Gasteiger partial charge in [0.2, 0.25) is 0 Å². The molecule has 1 N–H and O–H groups in total. The summed E-state index contributed by atoms with van der Waals surface area (Å²) >= 11 is 5.77. The lowest BCUT2D eigenvalue weighted by Gasteiger charge is -2.05. The molecule has 6 heteroatoms. The van der Waals surface area contributed by atoms with Gasteiger partial charge in [-0.1, -0.05) is 17.7 Å². The number of nitrogens with zero attached hydrogens (tertiary/aromatic N) is 1. The molecule has 0 amide bonds. The van der Waals surface area contributed by atoms with Crippen LogP contribution in [0.5, 0.6) is 0 Å². The summed E-state index contributed by atoms with van der Waals surface area (Å²) in [5, 5.41) is 9.10. The summed E-state index contributed by atoms with van der Waals surface area (Å²) < 4.78 is 12.1. The van der Waals surface area contributed by atoms with Crippen LogP contribution in [-0.2, 0) is 16.6 Å². The number of carboxylic acids is 1. The van der Waals surface area contributed by atoms with E-state index in [0.717, 1.165) is 5.56 Å². The molecule has 1 aromatic heterocycles. The molecular weight excluding hydrogens is 286 g/mol. The molecule has 19 heavy (non-hydrogen) atoms. The van der Waals surface area contributed by atoms with E-state index in [-0.39, 0.29) is 16.3 Å². The number of hydrogen-bond acceptors (Lipinski definition) is 3. The first-order valence-corrected chi connectivity index (χ1v) is 7.08. The maximum Gasteiger partial charge on any atom is 0.337 e. The Bertz CT molecular complexity index is 631. The Kier molecular flexibility index (Phi) is 4.29. The number of halogens is 1. The van der Waals surface area contributed by atoms with Crippen molar-refractivity contribution in [3.63, 3.8) is 0 Å². The number of aromatic nitrogens is 1. The lowest BCUT2D eigenvalue weighted by Crippen LogP contribution is -2.02. The van der Waals surface area contributed by atoms with Crippen LogP contribution in [0.25, 0.3) is 0 Å². The highest BCUT2D eigenvalue weighted by atomic mass is 35.5. The third kappa shape index (κ3) is 3.39. The zero-order chi connectivity index (χ0) is 13.8. The number of carboxylic acid groups (broad SMARTS) is 1. The molecule has 0 bridgehead atoms. The molecule has 0 radical (unpaired) electrons. The van der Waals surface area contributed by atoms with Crippen molar-refractivity contribution in [1.29, 1.82) is 0 Å². The average Bonchev–Trinajstić information content (AvgIpc) is 2.40. The van der Waals surface area contributed by atoms with Crippen LogP contribution < -0.4 is 0 Å². The monoisotopic (exact) mass is 295 g/mol. The summed E-state index contributed by atoms with van der Waals surface area (Å²) in [5.41, 5.74) is 0.784. The van der Waals surface area contributed by atoms with Crippen LogP contribution in [0.15, 0.2) is 47.6 Å². The average molecular weight is 296 g/mol. The Hall–Kier alpha value is -1.72. The van der Waals surface area contributed by atoms with Crippen LogP contribution in [0.4, 0.5) is 0 Å². The molecule has 2 rings (SSSR count). The number of carbonyl (C=O) groups is 1. The summed E-state index contributed by atoms with van der Waals surface area (Å²) in [7, 11) is -1.33. The van der Waals surface area contributed by atoms with Gasteiger partial charge in [0, 0.05) is 17.3 Å². The summed E-state index contributed by atoms with van der Waals surface area (Å²) in [6.07, 6.45) is 3.27. The van der Waals surface area contributed by atoms with Crippen molar-refractivity contribution in [3.05, 3.63) is 58.9 Å². The van der Waals surface area contributed by atoms with E-state index < -0.39 is 16.8 Å². The van der Waals surface area contributed by atoms with Crippen molar-refractivity contribution >= 4 is 28.4 Å². The van der Waals surface area contributed by atoms with Crippen molar-refractivity contribution in [2.24, 2.45) is 0 Å². The fourth-order valence-corrected chi connectivity index (χ4v) is 2.84. The first-order valence-electron chi connectivity index (χ1n) is 5.38. The summed E-state index contributed by atoms with van der Waals surface area (Å²) in [4.78, 5) is 15.3. The van der Waals surface area contributed by atoms with Crippen LogP contribution in [0, 0.1) is 0 Å². The van der Waals surface area contributed by atoms with Crippen LogP contribution in [0.2, 0.25) is 5.02 Å². The Labute approximate surface area is 117 Å².